The second kappa shape index (κ2) is 5.97. The molecule has 3 nitrogen and oxygen atoms in total. The van der Waals surface area contributed by atoms with Crippen LogP contribution in [0.1, 0.15) is 32.6 Å². The lowest BCUT2D eigenvalue weighted by atomic mass is 10.1. The Morgan fingerprint density at radius 2 is 2.46 bits per heavy atom. The zero-order valence-electron chi connectivity index (χ0n) is 8.44. The Kier molecular flexibility index (Phi) is 4.83. The molecule has 76 valence electrons. The molecule has 1 rings (SSSR count). The fourth-order valence-electron chi connectivity index (χ4n) is 1.57. The number of carbonyl (C=O) groups is 1. The minimum atomic E-state index is 0.216. The fraction of sp³-hybridized carbons (Fsp3) is 0.900. The van der Waals surface area contributed by atoms with E-state index in [2.05, 4.69) is 17.6 Å². The van der Waals surface area contributed by atoms with E-state index in [0.29, 0.717) is 12.3 Å². The molecule has 0 bridgehead atoms. The molecule has 1 amide bonds. The second-order valence-electron chi connectivity index (χ2n) is 3.77. The first-order valence-electron chi connectivity index (χ1n) is 5.30. The third-order valence-electron chi connectivity index (χ3n) is 2.51. The molecule has 0 spiro atoms. The summed E-state index contributed by atoms with van der Waals surface area (Å²) in [7, 11) is 0. The molecule has 1 fully saturated rings. The first-order chi connectivity index (χ1) is 6.33. The van der Waals surface area contributed by atoms with E-state index in [-0.39, 0.29) is 5.91 Å². The SMILES string of the molecule is CCCCC(=O)NCC1CCNC1. The van der Waals surface area contributed by atoms with E-state index < -0.39 is 0 Å². The number of amides is 1. The molecule has 1 saturated heterocycles. The lowest BCUT2D eigenvalue weighted by molar-refractivity contribution is -0.121. The third-order valence-corrected chi connectivity index (χ3v) is 2.51. The average Bonchev–Trinajstić information content (AvgIpc) is 2.64. The summed E-state index contributed by atoms with van der Waals surface area (Å²) in [4.78, 5) is 11.2. The second-order valence-corrected chi connectivity index (χ2v) is 3.77. The van der Waals surface area contributed by atoms with E-state index in [1.165, 1.54) is 6.42 Å². The van der Waals surface area contributed by atoms with E-state index in [1.807, 2.05) is 0 Å². The van der Waals surface area contributed by atoms with Crippen molar-refractivity contribution in [1.29, 1.82) is 0 Å². The molecule has 0 aliphatic carbocycles. The maximum absolute atomic E-state index is 11.2. The Balaban J connectivity index is 2.00. The summed E-state index contributed by atoms with van der Waals surface area (Å²) in [5.74, 6) is 0.874. The van der Waals surface area contributed by atoms with Gasteiger partial charge in [-0.25, -0.2) is 0 Å². The van der Waals surface area contributed by atoms with Crippen molar-refractivity contribution in [1.82, 2.24) is 10.6 Å². The average molecular weight is 184 g/mol. The number of hydrogen-bond donors (Lipinski definition) is 2. The van der Waals surface area contributed by atoms with Gasteiger partial charge in [0.05, 0.1) is 0 Å². The van der Waals surface area contributed by atoms with Gasteiger partial charge in [-0.3, -0.25) is 4.79 Å². The van der Waals surface area contributed by atoms with E-state index in [4.69, 9.17) is 0 Å². The summed E-state index contributed by atoms with van der Waals surface area (Å²) in [6, 6.07) is 0. The first-order valence-corrected chi connectivity index (χ1v) is 5.30. The van der Waals surface area contributed by atoms with Crippen LogP contribution in [0.3, 0.4) is 0 Å². The van der Waals surface area contributed by atoms with Gasteiger partial charge in [-0.2, -0.15) is 0 Å². The quantitative estimate of drug-likeness (QED) is 0.666. The molecule has 1 atom stereocenters. The van der Waals surface area contributed by atoms with Crippen molar-refractivity contribution in [3.05, 3.63) is 0 Å². The zero-order chi connectivity index (χ0) is 9.52. The van der Waals surface area contributed by atoms with Crippen LogP contribution in [0.4, 0.5) is 0 Å². The number of carbonyl (C=O) groups excluding carboxylic acids is 1. The van der Waals surface area contributed by atoms with Crippen LogP contribution in [-0.2, 0) is 4.79 Å². The molecule has 0 saturated carbocycles. The Hall–Kier alpha value is -0.570. The molecule has 0 radical (unpaired) electrons. The van der Waals surface area contributed by atoms with Crippen LogP contribution in [0, 0.1) is 5.92 Å². The molecule has 0 aromatic heterocycles. The molecule has 0 aromatic rings. The number of nitrogens with one attached hydrogen (secondary N) is 2. The van der Waals surface area contributed by atoms with Crippen molar-refractivity contribution in [2.75, 3.05) is 19.6 Å². The monoisotopic (exact) mass is 184 g/mol. The van der Waals surface area contributed by atoms with Crippen LogP contribution in [0.5, 0.6) is 0 Å². The van der Waals surface area contributed by atoms with E-state index in [1.54, 1.807) is 0 Å². The molecule has 1 aliphatic rings. The molecule has 0 aromatic carbocycles. The summed E-state index contributed by atoms with van der Waals surface area (Å²) in [6.45, 7) is 5.13. The molecule has 2 N–H and O–H groups in total. The Morgan fingerprint density at radius 3 is 3.08 bits per heavy atom. The van der Waals surface area contributed by atoms with Gasteiger partial charge in [0.2, 0.25) is 5.91 Å². The Bertz CT molecular complexity index is 153. The summed E-state index contributed by atoms with van der Waals surface area (Å²) in [5, 5.41) is 6.27. The Labute approximate surface area is 80.3 Å². The van der Waals surface area contributed by atoms with Crippen molar-refractivity contribution in [2.45, 2.75) is 32.6 Å². The maximum Gasteiger partial charge on any atom is 0.220 e. The van der Waals surface area contributed by atoms with Crippen LogP contribution < -0.4 is 10.6 Å². The van der Waals surface area contributed by atoms with Gasteiger partial charge >= 0.3 is 0 Å². The molecular weight excluding hydrogens is 164 g/mol. The van der Waals surface area contributed by atoms with Gasteiger partial charge in [0.1, 0.15) is 0 Å². The highest BCUT2D eigenvalue weighted by molar-refractivity contribution is 5.75. The maximum atomic E-state index is 11.2. The Morgan fingerprint density at radius 1 is 1.62 bits per heavy atom. The highest BCUT2D eigenvalue weighted by atomic mass is 16.1. The number of rotatable bonds is 5. The summed E-state index contributed by atoms with van der Waals surface area (Å²) < 4.78 is 0. The topological polar surface area (TPSA) is 41.1 Å². The largest absolute Gasteiger partial charge is 0.356 e. The summed E-state index contributed by atoms with van der Waals surface area (Å²) in [6.07, 6.45) is 4.00. The summed E-state index contributed by atoms with van der Waals surface area (Å²) in [5.41, 5.74) is 0. The van der Waals surface area contributed by atoms with Crippen molar-refractivity contribution in [3.8, 4) is 0 Å². The van der Waals surface area contributed by atoms with E-state index in [9.17, 15) is 4.79 Å². The highest BCUT2D eigenvalue weighted by Gasteiger charge is 2.14. The minimum Gasteiger partial charge on any atom is -0.356 e. The molecular formula is C10H20N2O. The van der Waals surface area contributed by atoms with Crippen molar-refractivity contribution >= 4 is 5.91 Å². The molecule has 3 heteroatoms. The van der Waals surface area contributed by atoms with Crippen molar-refractivity contribution < 1.29 is 4.79 Å². The van der Waals surface area contributed by atoms with E-state index in [0.717, 1.165) is 32.5 Å². The van der Waals surface area contributed by atoms with Crippen LogP contribution >= 0.6 is 0 Å². The van der Waals surface area contributed by atoms with Gasteiger partial charge in [0.15, 0.2) is 0 Å². The minimum absolute atomic E-state index is 0.216. The normalized spacial score (nSPS) is 21.8. The predicted molar refractivity (Wildman–Crippen MR) is 53.5 cm³/mol. The molecule has 1 heterocycles. The predicted octanol–water partition coefficient (Wildman–Crippen LogP) is 0.902. The smallest absolute Gasteiger partial charge is 0.220 e. The van der Waals surface area contributed by atoms with Crippen LogP contribution in [0.25, 0.3) is 0 Å². The number of unbranched alkanes of at least 4 members (excludes halogenated alkanes) is 1. The van der Waals surface area contributed by atoms with Crippen LogP contribution in [-0.4, -0.2) is 25.5 Å². The fourth-order valence-corrected chi connectivity index (χ4v) is 1.57. The van der Waals surface area contributed by atoms with Crippen molar-refractivity contribution in [2.24, 2.45) is 5.92 Å². The standard InChI is InChI=1S/C10H20N2O/c1-2-3-4-10(13)12-8-9-5-6-11-7-9/h9,11H,2-8H2,1H3,(H,12,13). The van der Waals surface area contributed by atoms with Crippen LogP contribution in [0.2, 0.25) is 0 Å². The third kappa shape index (κ3) is 4.27. The lowest BCUT2D eigenvalue weighted by Crippen LogP contribution is -2.29. The lowest BCUT2D eigenvalue weighted by Gasteiger charge is -2.09. The van der Waals surface area contributed by atoms with Gasteiger partial charge in [-0.15, -0.1) is 0 Å². The van der Waals surface area contributed by atoms with Gasteiger partial charge < -0.3 is 10.6 Å². The highest BCUT2D eigenvalue weighted by Crippen LogP contribution is 2.05. The molecule has 1 aliphatic heterocycles. The first kappa shape index (κ1) is 10.5. The van der Waals surface area contributed by atoms with Gasteiger partial charge in [-0.05, 0) is 31.8 Å². The van der Waals surface area contributed by atoms with Gasteiger partial charge in [0, 0.05) is 13.0 Å². The van der Waals surface area contributed by atoms with Gasteiger partial charge in [-0.1, -0.05) is 13.3 Å². The van der Waals surface area contributed by atoms with Crippen molar-refractivity contribution in [3.63, 3.8) is 0 Å². The van der Waals surface area contributed by atoms with Gasteiger partial charge in [0.25, 0.3) is 0 Å². The van der Waals surface area contributed by atoms with E-state index >= 15 is 0 Å². The van der Waals surface area contributed by atoms with Crippen LogP contribution in [0.15, 0.2) is 0 Å². The zero-order valence-corrected chi connectivity index (χ0v) is 8.44. The summed E-state index contributed by atoms with van der Waals surface area (Å²) >= 11 is 0. The number of hydrogen-bond acceptors (Lipinski definition) is 2. The molecule has 1 unspecified atom stereocenters. The molecule has 13 heavy (non-hydrogen) atoms.